The molecule has 7 nitrogen and oxygen atoms in total. The first-order valence-corrected chi connectivity index (χ1v) is 10.4. The third-order valence-corrected chi connectivity index (χ3v) is 6.33. The minimum Gasteiger partial charge on any atom is -0.455 e. The SMILES string of the molecule is Cc1oc(-c2ccccc2)nc1COC(=O)c1cc(S(=O)(=O)N(C)C)ccc1Cl. The van der Waals surface area contributed by atoms with Crippen molar-refractivity contribution in [2.75, 3.05) is 14.1 Å². The van der Waals surface area contributed by atoms with Gasteiger partial charge in [-0.3, -0.25) is 0 Å². The topological polar surface area (TPSA) is 89.7 Å². The van der Waals surface area contributed by atoms with Crippen LogP contribution in [0, 0.1) is 6.92 Å². The Labute approximate surface area is 173 Å². The number of ether oxygens (including phenoxy) is 1. The molecule has 0 amide bonds. The fourth-order valence-electron chi connectivity index (χ4n) is 2.51. The lowest BCUT2D eigenvalue weighted by atomic mass is 10.2. The van der Waals surface area contributed by atoms with E-state index >= 15 is 0 Å². The van der Waals surface area contributed by atoms with E-state index in [-0.39, 0.29) is 22.1 Å². The summed E-state index contributed by atoms with van der Waals surface area (Å²) in [6.45, 7) is 1.59. The number of aromatic nitrogens is 1. The lowest BCUT2D eigenvalue weighted by molar-refractivity contribution is 0.0467. The van der Waals surface area contributed by atoms with Crippen molar-refractivity contribution in [3.05, 3.63) is 70.6 Å². The van der Waals surface area contributed by atoms with Crippen molar-refractivity contribution in [3.63, 3.8) is 0 Å². The van der Waals surface area contributed by atoms with Crippen LogP contribution < -0.4 is 0 Å². The predicted molar refractivity (Wildman–Crippen MR) is 108 cm³/mol. The Bertz CT molecular complexity index is 1140. The number of nitrogens with zero attached hydrogens (tertiary/aromatic N) is 2. The van der Waals surface area contributed by atoms with Crippen LogP contribution in [-0.2, 0) is 21.4 Å². The molecule has 0 spiro atoms. The number of esters is 1. The largest absolute Gasteiger partial charge is 0.455 e. The average molecular weight is 435 g/mol. The van der Waals surface area contributed by atoms with Gasteiger partial charge in [0.2, 0.25) is 15.9 Å². The molecular weight excluding hydrogens is 416 g/mol. The highest BCUT2D eigenvalue weighted by atomic mass is 35.5. The van der Waals surface area contributed by atoms with E-state index < -0.39 is 16.0 Å². The number of hydrogen-bond acceptors (Lipinski definition) is 6. The van der Waals surface area contributed by atoms with Gasteiger partial charge in [-0.2, -0.15) is 0 Å². The van der Waals surface area contributed by atoms with Crippen molar-refractivity contribution >= 4 is 27.6 Å². The van der Waals surface area contributed by atoms with Crippen LogP contribution in [0.25, 0.3) is 11.5 Å². The summed E-state index contributed by atoms with van der Waals surface area (Å²) in [6, 6.07) is 13.2. The molecule has 0 aliphatic carbocycles. The van der Waals surface area contributed by atoms with E-state index in [2.05, 4.69) is 4.98 Å². The van der Waals surface area contributed by atoms with Gasteiger partial charge in [-0.05, 0) is 37.3 Å². The summed E-state index contributed by atoms with van der Waals surface area (Å²) in [6.07, 6.45) is 0. The molecule has 3 aromatic rings. The quantitative estimate of drug-likeness (QED) is 0.546. The first-order valence-electron chi connectivity index (χ1n) is 8.61. The van der Waals surface area contributed by atoms with E-state index in [1.807, 2.05) is 30.3 Å². The maximum Gasteiger partial charge on any atom is 0.340 e. The molecule has 9 heteroatoms. The van der Waals surface area contributed by atoms with Crippen LogP contribution in [0.2, 0.25) is 5.02 Å². The van der Waals surface area contributed by atoms with E-state index in [0.29, 0.717) is 17.3 Å². The number of aryl methyl sites for hydroxylation is 1. The summed E-state index contributed by atoms with van der Waals surface area (Å²) in [5.41, 5.74) is 1.22. The second-order valence-corrected chi connectivity index (χ2v) is 8.95. The molecule has 0 bridgehead atoms. The van der Waals surface area contributed by atoms with Crippen LogP contribution in [-0.4, -0.2) is 37.8 Å². The number of benzene rings is 2. The smallest absolute Gasteiger partial charge is 0.340 e. The molecule has 0 saturated carbocycles. The highest BCUT2D eigenvalue weighted by molar-refractivity contribution is 7.89. The predicted octanol–water partition coefficient (Wildman–Crippen LogP) is 3.91. The highest BCUT2D eigenvalue weighted by Gasteiger charge is 2.22. The number of halogens is 1. The Morgan fingerprint density at radius 2 is 1.86 bits per heavy atom. The zero-order valence-corrected chi connectivity index (χ0v) is 17.6. The van der Waals surface area contributed by atoms with Gasteiger partial charge in [-0.25, -0.2) is 22.5 Å². The minimum atomic E-state index is -3.71. The van der Waals surface area contributed by atoms with Crippen molar-refractivity contribution in [2.24, 2.45) is 0 Å². The van der Waals surface area contributed by atoms with E-state index in [0.717, 1.165) is 9.87 Å². The van der Waals surface area contributed by atoms with Crippen molar-refractivity contribution in [1.82, 2.24) is 9.29 Å². The number of hydrogen-bond donors (Lipinski definition) is 0. The standard InChI is InChI=1S/C20H19ClN2O5S/c1-13-18(22-19(28-13)14-7-5-4-6-8-14)12-27-20(24)16-11-15(9-10-17(16)21)29(25,26)23(2)3/h4-11H,12H2,1-3H3. The zero-order chi connectivity index (χ0) is 21.2. The zero-order valence-electron chi connectivity index (χ0n) is 16.0. The summed E-state index contributed by atoms with van der Waals surface area (Å²) < 4.78 is 36.6. The first-order chi connectivity index (χ1) is 13.7. The normalized spacial score (nSPS) is 11.6. The molecular formula is C20H19ClN2O5S. The molecule has 0 radical (unpaired) electrons. The third-order valence-electron chi connectivity index (χ3n) is 4.19. The molecule has 1 heterocycles. The van der Waals surface area contributed by atoms with E-state index in [1.54, 1.807) is 6.92 Å². The molecule has 0 N–H and O–H groups in total. The molecule has 3 rings (SSSR count). The second-order valence-electron chi connectivity index (χ2n) is 6.39. The summed E-state index contributed by atoms with van der Waals surface area (Å²) in [4.78, 5) is 16.8. The Hall–Kier alpha value is -2.68. The van der Waals surface area contributed by atoms with E-state index in [1.165, 1.54) is 32.3 Å². The fraction of sp³-hybridized carbons (Fsp3) is 0.200. The highest BCUT2D eigenvalue weighted by Crippen LogP contribution is 2.25. The minimum absolute atomic E-state index is 0.0426. The summed E-state index contributed by atoms with van der Waals surface area (Å²) in [7, 11) is -0.906. The molecule has 0 unspecified atom stereocenters. The molecule has 0 saturated heterocycles. The lowest BCUT2D eigenvalue weighted by Gasteiger charge is -2.13. The van der Waals surface area contributed by atoms with Gasteiger partial charge >= 0.3 is 5.97 Å². The van der Waals surface area contributed by atoms with Crippen LogP contribution in [0.4, 0.5) is 0 Å². The molecule has 2 aromatic carbocycles. The summed E-state index contributed by atoms with van der Waals surface area (Å²) in [5, 5.41) is 0.0922. The van der Waals surface area contributed by atoms with Gasteiger partial charge in [0.1, 0.15) is 18.1 Å². The van der Waals surface area contributed by atoms with E-state index in [9.17, 15) is 13.2 Å². The van der Waals surface area contributed by atoms with Gasteiger partial charge in [0.15, 0.2) is 0 Å². The number of carbonyl (C=O) groups excluding carboxylic acids is 1. The molecule has 0 atom stereocenters. The average Bonchev–Trinajstić information content (AvgIpc) is 3.07. The Morgan fingerprint density at radius 3 is 2.52 bits per heavy atom. The Kier molecular flexibility index (Phi) is 6.07. The molecule has 0 aliphatic heterocycles. The van der Waals surface area contributed by atoms with Gasteiger partial charge in [0, 0.05) is 19.7 Å². The van der Waals surface area contributed by atoms with Gasteiger partial charge < -0.3 is 9.15 Å². The molecule has 1 aromatic heterocycles. The monoisotopic (exact) mass is 434 g/mol. The third kappa shape index (κ3) is 4.50. The fourth-order valence-corrected chi connectivity index (χ4v) is 3.63. The number of carbonyl (C=O) groups is 1. The Morgan fingerprint density at radius 1 is 1.17 bits per heavy atom. The first kappa shape index (κ1) is 21.0. The van der Waals surface area contributed by atoms with Gasteiger partial charge in [-0.1, -0.05) is 29.8 Å². The van der Waals surface area contributed by atoms with Crippen LogP contribution >= 0.6 is 11.6 Å². The Balaban J connectivity index is 1.79. The van der Waals surface area contributed by atoms with Gasteiger partial charge in [0.05, 0.1) is 15.5 Å². The molecule has 0 aliphatic rings. The number of rotatable bonds is 6. The van der Waals surface area contributed by atoms with Crippen molar-refractivity contribution in [1.29, 1.82) is 0 Å². The maximum absolute atomic E-state index is 12.5. The summed E-state index contributed by atoms with van der Waals surface area (Å²) >= 11 is 6.07. The maximum atomic E-state index is 12.5. The van der Waals surface area contributed by atoms with Crippen molar-refractivity contribution in [3.8, 4) is 11.5 Å². The van der Waals surface area contributed by atoms with Crippen molar-refractivity contribution < 1.29 is 22.4 Å². The van der Waals surface area contributed by atoms with Crippen molar-refractivity contribution in [2.45, 2.75) is 18.4 Å². The molecule has 29 heavy (non-hydrogen) atoms. The number of oxazole rings is 1. The molecule has 0 fully saturated rings. The van der Waals surface area contributed by atoms with E-state index in [4.69, 9.17) is 20.8 Å². The number of sulfonamides is 1. The van der Waals surface area contributed by atoms with Crippen LogP contribution in [0.5, 0.6) is 0 Å². The van der Waals surface area contributed by atoms with Gasteiger partial charge in [-0.15, -0.1) is 0 Å². The van der Waals surface area contributed by atoms with Gasteiger partial charge in [0.25, 0.3) is 0 Å². The van der Waals surface area contributed by atoms with Crippen LogP contribution in [0.15, 0.2) is 57.8 Å². The summed E-state index contributed by atoms with van der Waals surface area (Å²) in [5.74, 6) is 0.187. The van der Waals surface area contributed by atoms with Crippen LogP contribution in [0.3, 0.4) is 0 Å². The molecule has 152 valence electrons. The lowest BCUT2D eigenvalue weighted by Crippen LogP contribution is -2.22. The van der Waals surface area contributed by atoms with Crippen LogP contribution in [0.1, 0.15) is 21.8 Å². The second kappa shape index (κ2) is 8.36.